The molecule has 1 rings (SSSR count). The Morgan fingerprint density at radius 3 is 2.44 bits per heavy atom. The number of terminal acetylenes is 1. The van der Waals surface area contributed by atoms with Crippen molar-refractivity contribution >= 4 is 5.71 Å². The SMILES string of the molecule is C#CC1=C(C)CN=C1C. The Labute approximate surface area is 55.5 Å². The van der Waals surface area contributed by atoms with Crippen molar-refractivity contribution in [3.8, 4) is 12.3 Å². The summed E-state index contributed by atoms with van der Waals surface area (Å²) in [6.45, 7) is 4.77. The van der Waals surface area contributed by atoms with E-state index in [1.807, 2.05) is 13.8 Å². The Bertz CT molecular complexity index is 225. The van der Waals surface area contributed by atoms with Gasteiger partial charge in [-0.3, -0.25) is 4.99 Å². The fraction of sp³-hybridized carbons (Fsp3) is 0.375. The van der Waals surface area contributed by atoms with Gasteiger partial charge in [0.15, 0.2) is 0 Å². The molecule has 0 amide bonds. The van der Waals surface area contributed by atoms with Gasteiger partial charge in [-0.25, -0.2) is 0 Å². The summed E-state index contributed by atoms with van der Waals surface area (Å²) in [5.74, 6) is 2.61. The zero-order valence-corrected chi connectivity index (χ0v) is 5.73. The van der Waals surface area contributed by atoms with Crippen molar-refractivity contribution in [1.82, 2.24) is 0 Å². The lowest BCUT2D eigenvalue weighted by Gasteiger charge is -1.90. The molecule has 0 saturated heterocycles. The predicted octanol–water partition coefficient (Wildman–Crippen LogP) is 1.41. The van der Waals surface area contributed by atoms with Gasteiger partial charge >= 0.3 is 0 Å². The van der Waals surface area contributed by atoms with Gasteiger partial charge in [-0.2, -0.15) is 0 Å². The lowest BCUT2D eigenvalue weighted by Crippen LogP contribution is -1.89. The first kappa shape index (κ1) is 6.10. The Hall–Kier alpha value is -1.03. The number of nitrogens with zero attached hydrogens (tertiary/aromatic N) is 1. The number of rotatable bonds is 0. The molecule has 0 saturated carbocycles. The second-order valence-electron chi connectivity index (χ2n) is 2.20. The molecule has 0 fully saturated rings. The third-order valence-electron chi connectivity index (χ3n) is 1.49. The van der Waals surface area contributed by atoms with Crippen LogP contribution in [0.5, 0.6) is 0 Å². The molecule has 1 nitrogen and oxygen atoms in total. The zero-order valence-electron chi connectivity index (χ0n) is 5.73. The molecule has 1 aliphatic rings. The van der Waals surface area contributed by atoms with Crippen LogP contribution in [0.15, 0.2) is 16.1 Å². The number of aliphatic imine (C=N–C) groups is 1. The fourth-order valence-corrected chi connectivity index (χ4v) is 0.932. The number of hydrogen-bond donors (Lipinski definition) is 0. The molecule has 1 aliphatic heterocycles. The van der Waals surface area contributed by atoms with Crippen molar-refractivity contribution in [2.75, 3.05) is 6.54 Å². The molecule has 1 heterocycles. The maximum absolute atomic E-state index is 5.23. The van der Waals surface area contributed by atoms with Gasteiger partial charge < -0.3 is 0 Å². The fourth-order valence-electron chi connectivity index (χ4n) is 0.932. The quantitative estimate of drug-likeness (QED) is 0.427. The summed E-state index contributed by atoms with van der Waals surface area (Å²) in [6.07, 6.45) is 5.23. The minimum absolute atomic E-state index is 0.797. The zero-order chi connectivity index (χ0) is 6.85. The van der Waals surface area contributed by atoms with Gasteiger partial charge in [0, 0.05) is 11.3 Å². The first-order valence-electron chi connectivity index (χ1n) is 2.93. The van der Waals surface area contributed by atoms with Crippen LogP contribution in [0, 0.1) is 12.3 Å². The van der Waals surface area contributed by atoms with Crippen LogP contribution in [-0.4, -0.2) is 12.3 Å². The topological polar surface area (TPSA) is 12.4 Å². The normalized spacial score (nSPS) is 17.7. The number of allylic oxidation sites excluding steroid dienone is 1. The molecule has 46 valence electrons. The van der Waals surface area contributed by atoms with Crippen molar-refractivity contribution in [2.24, 2.45) is 4.99 Å². The van der Waals surface area contributed by atoms with E-state index >= 15 is 0 Å². The van der Waals surface area contributed by atoms with E-state index in [0.29, 0.717) is 0 Å². The summed E-state index contributed by atoms with van der Waals surface area (Å²) in [5.41, 5.74) is 3.22. The van der Waals surface area contributed by atoms with E-state index in [0.717, 1.165) is 17.8 Å². The van der Waals surface area contributed by atoms with E-state index in [9.17, 15) is 0 Å². The summed E-state index contributed by atoms with van der Waals surface area (Å²) >= 11 is 0. The summed E-state index contributed by atoms with van der Waals surface area (Å²) in [4.78, 5) is 4.17. The average Bonchev–Trinajstić information content (AvgIpc) is 2.12. The highest BCUT2D eigenvalue weighted by atomic mass is 14.8. The molecule has 0 bridgehead atoms. The van der Waals surface area contributed by atoms with Crippen LogP contribution in [0.3, 0.4) is 0 Å². The van der Waals surface area contributed by atoms with Gasteiger partial charge in [-0.1, -0.05) is 5.92 Å². The minimum Gasteiger partial charge on any atom is -0.284 e. The molecule has 0 aromatic heterocycles. The summed E-state index contributed by atoms with van der Waals surface area (Å²) in [6, 6.07) is 0. The van der Waals surface area contributed by atoms with Crippen molar-refractivity contribution in [3.63, 3.8) is 0 Å². The Morgan fingerprint density at radius 2 is 2.22 bits per heavy atom. The highest BCUT2D eigenvalue weighted by Crippen LogP contribution is 2.12. The van der Waals surface area contributed by atoms with Gasteiger partial charge in [0.25, 0.3) is 0 Å². The summed E-state index contributed by atoms with van der Waals surface area (Å²) in [7, 11) is 0. The molecule has 0 aromatic rings. The maximum atomic E-state index is 5.23. The van der Waals surface area contributed by atoms with Crippen molar-refractivity contribution in [2.45, 2.75) is 13.8 Å². The highest BCUT2D eigenvalue weighted by molar-refractivity contribution is 6.04. The molecule has 0 aliphatic carbocycles. The van der Waals surface area contributed by atoms with E-state index in [1.165, 1.54) is 5.57 Å². The first-order valence-corrected chi connectivity index (χ1v) is 2.93. The number of hydrogen-bond acceptors (Lipinski definition) is 1. The third kappa shape index (κ3) is 0.882. The lowest BCUT2D eigenvalue weighted by molar-refractivity contribution is 1.17. The van der Waals surface area contributed by atoms with E-state index in [-0.39, 0.29) is 0 Å². The van der Waals surface area contributed by atoms with Crippen LogP contribution in [0.4, 0.5) is 0 Å². The molecule has 9 heavy (non-hydrogen) atoms. The van der Waals surface area contributed by atoms with Gasteiger partial charge in [0.2, 0.25) is 0 Å². The van der Waals surface area contributed by atoms with Crippen LogP contribution in [0.1, 0.15) is 13.8 Å². The van der Waals surface area contributed by atoms with Gasteiger partial charge in [0.1, 0.15) is 0 Å². The standard InChI is InChI=1S/C8H9N/c1-4-8-6(2)5-9-7(8)3/h1H,5H2,2-3H3. The molecular weight excluding hydrogens is 110 g/mol. The highest BCUT2D eigenvalue weighted by Gasteiger charge is 2.08. The second kappa shape index (κ2) is 2.06. The van der Waals surface area contributed by atoms with Crippen LogP contribution in [-0.2, 0) is 0 Å². The molecule has 0 radical (unpaired) electrons. The Balaban J connectivity index is 3.01. The van der Waals surface area contributed by atoms with Gasteiger partial charge in [0.05, 0.1) is 6.54 Å². The third-order valence-corrected chi connectivity index (χ3v) is 1.49. The van der Waals surface area contributed by atoms with E-state index in [1.54, 1.807) is 0 Å². The molecule has 0 atom stereocenters. The van der Waals surface area contributed by atoms with Crippen LogP contribution < -0.4 is 0 Å². The average molecular weight is 119 g/mol. The molecule has 0 unspecified atom stereocenters. The largest absolute Gasteiger partial charge is 0.284 e. The van der Waals surface area contributed by atoms with Gasteiger partial charge in [-0.15, -0.1) is 6.42 Å². The first-order chi connectivity index (χ1) is 4.25. The van der Waals surface area contributed by atoms with E-state index < -0.39 is 0 Å². The smallest absolute Gasteiger partial charge is 0.0616 e. The molecular formula is C8H9N. The van der Waals surface area contributed by atoms with Crippen LogP contribution >= 0.6 is 0 Å². The van der Waals surface area contributed by atoms with Crippen molar-refractivity contribution < 1.29 is 0 Å². The molecule has 1 heteroatoms. The van der Waals surface area contributed by atoms with E-state index in [4.69, 9.17) is 6.42 Å². The van der Waals surface area contributed by atoms with Crippen LogP contribution in [0.2, 0.25) is 0 Å². The van der Waals surface area contributed by atoms with Crippen molar-refractivity contribution in [1.29, 1.82) is 0 Å². The summed E-state index contributed by atoms with van der Waals surface area (Å²) in [5, 5.41) is 0. The Morgan fingerprint density at radius 1 is 1.56 bits per heavy atom. The summed E-state index contributed by atoms with van der Waals surface area (Å²) < 4.78 is 0. The van der Waals surface area contributed by atoms with Gasteiger partial charge in [-0.05, 0) is 19.4 Å². The molecule has 0 N–H and O–H groups in total. The Kier molecular flexibility index (Phi) is 1.40. The second-order valence-corrected chi connectivity index (χ2v) is 2.20. The van der Waals surface area contributed by atoms with Crippen LogP contribution in [0.25, 0.3) is 0 Å². The monoisotopic (exact) mass is 119 g/mol. The molecule has 0 aromatic carbocycles. The lowest BCUT2D eigenvalue weighted by atomic mass is 10.1. The minimum atomic E-state index is 0.797. The van der Waals surface area contributed by atoms with Crippen molar-refractivity contribution in [3.05, 3.63) is 11.1 Å². The molecule has 0 spiro atoms. The predicted molar refractivity (Wildman–Crippen MR) is 39.5 cm³/mol. The maximum Gasteiger partial charge on any atom is 0.0616 e. The van der Waals surface area contributed by atoms with E-state index in [2.05, 4.69) is 10.9 Å².